The summed E-state index contributed by atoms with van der Waals surface area (Å²) in [6.45, 7) is 3.57. The number of hydrogen-bond acceptors (Lipinski definition) is 3. The van der Waals surface area contributed by atoms with Crippen molar-refractivity contribution in [3.8, 4) is 5.75 Å². The number of rotatable bonds is 12. The Bertz CT molecular complexity index is 1170. The topological polar surface area (TPSA) is 58.6 Å². The Morgan fingerprint density at radius 2 is 1.33 bits per heavy atom. The molecule has 1 unspecified atom stereocenters. The van der Waals surface area contributed by atoms with Gasteiger partial charge in [0.15, 0.2) is 0 Å². The standard InChI is InChI=1S/C32H33NO3/c1-24(33-21-20-31(27-8-4-2-5-9-27)28-10-6-3-7-11-28)22-25-14-18-30(19-15-25)36-23-26-12-16-29(17-13-26)32(34)35/h2-19,24,31,33H,20-23H2,1H3,(H,34,35). The van der Waals surface area contributed by atoms with E-state index in [9.17, 15) is 4.79 Å². The van der Waals surface area contributed by atoms with E-state index in [-0.39, 0.29) is 5.56 Å². The Morgan fingerprint density at radius 1 is 0.778 bits per heavy atom. The molecule has 0 saturated carbocycles. The maximum atomic E-state index is 11.0. The third-order valence-corrected chi connectivity index (χ3v) is 6.40. The fourth-order valence-corrected chi connectivity index (χ4v) is 4.43. The Hall–Kier alpha value is -3.89. The van der Waals surface area contributed by atoms with Crippen LogP contribution in [0.2, 0.25) is 0 Å². The van der Waals surface area contributed by atoms with E-state index in [1.807, 2.05) is 12.1 Å². The molecule has 184 valence electrons. The molecule has 0 bridgehead atoms. The van der Waals surface area contributed by atoms with Gasteiger partial charge in [-0.25, -0.2) is 4.79 Å². The Balaban J connectivity index is 1.25. The number of carboxylic acid groups (broad SMARTS) is 1. The summed E-state index contributed by atoms with van der Waals surface area (Å²) in [5.41, 5.74) is 5.18. The number of carboxylic acids is 1. The van der Waals surface area contributed by atoms with E-state index in [1.54, 1.807) is 24.3 Å². The predicted octanol–water partition coefficient (Wildman–Crippen LogP) is 6.71. The number of nitrogens with one attached hydrogen (secondary N) is 1. The predicted molar refractivity (Wildman–Crippen MR) is 145 cm³/mol. The van der Waals surface area contributed by atoms with Gasteiger partial charge in [0.1, 0.15) is 12.4 Å². The molecule has 0 fully saturated rings. The van der Waals surface area contributed by atoms with Crippen LogP contribution in [0.5, 0.6) is 5.75 Å². The molecule has 4 aromatic rings. The van der Waals surface area contributed by atoms with Crippen LogP contribution < -0.4 is 10.1 Å². The zero-order valence-electron chi connectivity index (χ0n) is 20.6. The number of benzene rings is 4. The third kappa shape index (κ3) is 7.30. The Kier molecular flexibility index (Phi) is 8.90. The maximum Gasteiger partial charge on any atom is 0.335 e. The van der Waals surface area contributed by atoms with E-state index in [0.29, 0.717) is 18.6 Å². The molecule has 0 aliphatic heterocycles. The lowest BCUT2D eigenvalue weighted by molar-refractivity contribution is 0.0697. The molecule has 0 amide bonds. The third-order valence-electron chi connectivity index (χ3n) is 6.40. The van der Waals surface area contributed by atoms with E-state index in [1.165, 1.54) is 16.7 Å². The first-order valence-corrected chi connectivity index (χ1v) is 12.5. The number of ether oxygens (including phenoxy) is 1. The first kappa shape index (κ1) is 25.2. The van der Waals surface area contributed by atoms with Crippen molar-refractivity contribution >= 4 is 5.97 Å². The Morgan fingerprint density at radius 3 is 1.89 bits per heavy atom. The van der Waals surface area contributed by atoms with Gasteiger partial charge in [0.25, 0.3) is 0 Å². The van der Waals surface area contributed by atoms with Crippen LogP contribution in [0, 0.1) is 0 Å². The molecular formula is C32H33NO3. The largest absolute Gasteiger partial charge is 0.489 e. The van der Waals surface area contributed by atoms with Crippen molar-refractivity contribution in [2.24, 2.45) is 0 Å². The van der Waals surface area contributed by atoms with E-state index in [2.05, 4.69) is 85.0 Å². The summed E-state index contributed by atoms with van der Waals surface area (Å²) in [4.78, 5) is 11.0. The second-order valence-electron chi connectivity index (χ2n) is 9.16. The van der Waals surface area contributed by atoms with Crippen molar-refractivity contribution in [1.29, 1.82) is 0 Å². The summed E-state index contributed by atoms with van der Waals surface area (Å²) < 4.78 is 5.86. The second-order valence-corrected chi connectivity index (χ2v) is 9.16. The molecule has 2 N–H and O–H groups in total. The van der Waals surface area contributed by atoms with Crippen LogP contribution in [0.1, 0.15) is 51.9 Å². The van der Waals surface area contributed by atoms with Gasteiger partial charge in [-0.2, -0.15) is 0 Å². The van der Waals surface area contributed by atoms with E-state index >= 15 is 0 Å². The average Bonchev–Trinajstić information content (AvgIpc) is 2.92. The average molecular weight is 480 g/mol. The van der Waals surface area contributed by atoms with Crippen LogP contribution in [0.4, 0.5) is 0 Å². The molecule has 4 rings (SSSR count). The van der Waals surface area contributed by atoms with Gasteiger partial charge in [0, 0.05) is 12.0 Å². The molecule has 0 aromatic heterocycles. The van der Waals surface area contributed by atoms with Crippen LogP contribution in [0.3, 0.4) is 0 Å². The van der Waals surface area contributed by atoms with Gasteiger partial charge in [0.2, 0.25) is 0 Å². The zero-order valence-corrected chi connectivity index (χ0v) is 20.6. The van der Waals surface area contributed by atoms with Crippen molar-refractivity contribution in [2.75, 3.05) is 6.54 Å². The SMILES string of the molecule is CC(Cc1ccc(OCc2ccc(C(=O)O)cc2)cc1)NCCC(c1ccccc1)c1ccccc1. The lowest BCUT2D eigenvalue weighted by Crippen LogP contribution is -2.30. The van der Waals surface area contributed by atoms with Gasteiger partial charge in [0.05, 0.1) is 5.56 Å². The molecule has 4 heteroatoms. The summed E-state index contributed by atoms with van der Waals surface area (Å²) >= 11 is 0. The minimum Gasteiger partial charge on any atom is -0.489 e. The molecule has 0 spiro atoms. The molecular weight excluding hydrogens is 446 g/mol. The van der Waals surface area contributed by atoms with Gasteiger partial charge >= 0.3 is 5.97 Å². The first-order valence-electron chi connectivity index (χ1n) is 12.5. The Labute approximate surface area is 213 Å². The minimum atomic E-state index is -0.922. The highest BCUT2D eigenvalue weighted by Crippen LogP contribution is 2.27. The maximum absolute atomic E-state index is 11.0. The fourth-order valence-electron chi connectivity index (χ4n) is 4.43. The van der Waals surface area contributed by atoms with E-state index < -0.39 is 5.97 Å². The normalized spacial score (nSPS) is 11.8. The van der Waals surface area contributed by atoms with Crippen LogP contribution in [0.15, 0.2) is 109 Å². The zero-order chi connectivity index (χ0) is 25.2. The molecule has 0 radical (unpaired) electrons. The van der Waals surface area contributed by atoms with E-state index in [0.717, 1.165) is 30.7 Å². The summed E-state index contributed by atoms with van der Waals surface area (Å²) in [5, 5.41) is 12.7. The number of aromatic carboxylic acids is 1. The summed E-state index contributed by atoms with van der Waals surface area (Å²) in [6, 6.07) is 36.8. The highest BCUT2D eigenvalue weighted by Gasteiger charge is 2.14. The number of hydrogen-bond donors (Lipinski definition) is 2. The molecule has 0 aliphatic rings. The molecule has 0 heterocycles. The fraction of sp³-hybridized carbons (Fsp3) is 0.219. The highest BCUT2D eigenvalue weighted by molar-refractivity contribution is 5.87. The molecule has 4 nitrogen and oxygen atoms in total. The minimum absolute atomic E-state index is 0.279. The van der Waals surface area contributed by atoms with Crippen molar-refractivity contribution in [3.63, 3.8) is 0 Å². The summed E-state index contributed by atoms with van der Waals surface area (Å²) in [5.74, 6) is 0.257. The molecule has 0 aliphatic carbocycles. The van der Waals surface area contributed by atoms with Gasteiger partial charge in [-0.1, -0.05) is 84.9 Å². The first-order chi connectivity index (χ1) is 17.6. The second kappa shape index (κ2) is 12.7. The lowest BCUT2D eigenvalue weighted by Gasteiger charge is -2.20. The molecule has 4 aromatic carbocycles. The summed E-state index contributed by atoms with van der Waals surface area (Å²) in [7, 11) is 0. The van der Waals surface area contributed by atoms with E-state index in [4.69, 9.17) is 9.84 Å². The van der Waals surface area contributed by atoms with Gasteiger partial charge < -0.3 is 15.2 Å². The van der Waals surface area contributed by atoms with Gasteiger partial charge in [-0.05, 0) is 72.8 Å². The highest BCUT2D eigenvalue weighted by atomic mass is 16.5. The van der Waals surface area contributed by atoms with Crippen molar-refractivity contribution in [2.45, 2.75) is 38.3 Å². The molecule has 1 atom stereocenters. The quantitative estimate of drug-likeness (QED) is 0.237. The smallest absolute Gasteiger partial charge is 0.335 e. The van der Waals surface area contributed by atoms with Gasteiger partial charge in [-0.3, -0.25) is 0 Å². The van der Waals surface area contributed by atoms with Crippen molar-refractivity contribution in [3.05, 3.63) is 137 Å². The van der Waals surface area contributed by atoms with Crippen LogP contribution in [-0.2, 0) is 13.0 Å². The van der Waals surface area contributed by atoms with Crippen molar-refractivity contribution in [1.82, 2.24) is 5.32 Å². The van der Waals surface area contributed by atoms with Crippen LogP contribution in [-0.4, -0.2) is 23.7 Å². The monoisotopic (exact) mass is 479 g/mol. The molecule has 36 heavy (non-hydrogen) atoms. The van der Waals surface area contributed by atoms with Crippen molar-refractivity contribution < 1.29 is 14.6 Å². The lowest BCUT2D eigenvalue weighted by atomic mass is 9.88. The number of carbonyl (C=O) groups is 1. The van der Waals surface area contributed by atoms with Crippen LogP contribution in [0.25, 0.3) is 0 Å². The van der Waals surface area contributed by atoms with Crippen LogP contribution >= 0.6 is 0 Å². The van der Waals surface area contributed by atoms with Gasteiger partial charge in [-0.15, -0.1) is 0 Å². The summed E-state index contributed by atoms with van der Waals surface area (Å²) in [6.07, 6.45) is 1.98. The molecule has 0 saturated heterocycles.